The number of hydrogen-bond donors (Lipinski definition) is 2. The zero-order valence-corrected chi connectivity index (χ0v) is 19.9. The molecule has 31 heavy (non-hydrogen) atoms. The van der Waals surface area contributed by atoms with Crippen LogP contribution in [0.15, 0.2) is 64.2 Å². The van der Waals surface area contributed by atoms with E-state index in [0.717, 1.165) is 10.2 Å². The standard InChI is InChI=1S/C22H24BrN5O2S/c1-14(2)19(25-21(30)15-7-5-4-6-8-15)20-26-27-22(28(20)3)31-13-18(29)24-17-11-9-16(23)10-12-17/h4-12,14,19H,13H2,1-3H3,(H,24,29)(H,25,30)/t19-/m1/s1. The van der Waals surface area contributed by atoms with E-state index in [2.05, 4.69) is 36.8 Å². The molecule has 2 N–H and O–H groups in total. The molecule has 0 saturated carbocycles. The molecule has 9 heteroatoms. The van der Waals surface area contributed by atoms with Gasteiger partial charge in [-0.2, -0.15) is 0 Å². The molecule has 0 aliphatic carbocycles. The van der Waals surface area contributed by atoms with E-state index >= 15 is 0 Å². The molecule has 3 rings (SSSR count). The van der Waals surface area contributed by atoms with E-state index in [9.17, 15) is 9.59 Å². The lowest BCUT2D eigenvalue weighted by Crippen LogP contribution is -2.33. The van der Waals surface area contributed by atoms with Crippen molar-refractivity contribution in [2.24, 2.45) is 13.0 Å². The minimum atomic E-state index is -0.309. The first-order valence-corrected chi connectivity index (χ1v) is 11.6. The highest BCUT2D eigenvalue weighted by Crippen LogP contribution is 2.24. The second-order valence-corrected chi connectivity index (χ2v) is 9.16. The second-order valence-electron chi connectivity index (χ2n) is 7.30. The molecule has 1 heterocycles. The zero-order valence-electron chi connectivity index (χ0n) is 17.5. The van der Waals surface area contributed by atoms with Gasteiger partial charge in [-0.25, -0.2) is 0 Å². The van der Waals surface area contributed by atoms with Gasteiger partial charge in [0.2, 0.25) is 5.91 Å². The van der Waals surface area contributed by atoms with Crippen molar-refractivity contribution in [3.05, 3.63) is 70.5 Å². The maximum Gasteiger partial charge on any atom is 0.251 e. The van der Waals surface area contributed by atoms with Gasteiger partial charge in [-0.15, -0.1) is 10.2 Å². The van der Waals surface area contributed by atoms with E-state index in [1.54, 1.807) is 12.1 Å². The molecule has 0 fully saturated rings. The van der Waals surface area contributed by atoms with E-state index in [0.29, 0.717) is 16.5 Å². The molecule has 0 saturated heterocycles. The number of carbonyl (C=O) groups excluding carboxylic acids is 2. The number of benzene rings is 2. The number of anilines is 1. The smallest absolute Gasteiger partial charge is 0.251 e. The zero-order chi connectivity index (χ0) is 22.4. The molecule has 1 atom stereocenters. The third kappa shape index (κ3) is 6.18. The Kier molecular flexibility index (Phi) is 7.86. The Balaban J connectivity index is 1.64. The molecule has 0 aliphatic rings. The van der Waals surface area contributed by atoms with Gasteiger partial charge in [0.15, 0.2) is 11.0 Å². The maximum absolute atomic E-state index is 12.6. The van der Waals surface area contributed by atoms with Crippen LogP contribution < -0.4 is 10.6 Å². The van der Waals surface area contributed by atoms with Crippen LogP contribution in [0, 0.1) is 5.92 Å². The molecular weight excluding hydrogens is 478 g/mol. The summed E-state index contributed by atoms with van der Waals surface area (Å²) in [7, 11) is 1.84. The number of amides is 2. The summed E-state index contributed by atoms with van der Waals surface area (Å²) in [6.45, 7) is 4.03. The van der Waals surface area contributed by atoms with Crippen LogP contribution in [0.25, 0.3) is 0 Å². The van der Waals surface area contributed by atoms with Crippen LogP contribution in [0.3, 0.4) is 0 Å². The normalized spacial score (nSPS) is 11.9. The van der Waals surface area contributed by atoms with Gasteiger partial charge < -0.3 is 15.2 Å². The molecule has 3 aromatic rings. The Morgan fingerprint density at radius 2 is 1.74 bits per heavy atom. The Labute approximate surface area is 194 Å². The predicted molar refractivity (Wildman–Crippen MR) is 126 cm³/mol. The average molecular weight is 502 g/mol. The Morgan fingerprint density at radius 3 is 2.39 bits per heavy atom. The van der Waals surface area contributed by atoms with E-state index in [4.69, 9.17) is 0 Å². The SMILES string of the molecule is CC(C)[C@@H](NC(=O)c1ccccc1)c1nnc(SCC(=O)Nc2ccc(Br)cc2)n1C. The van der Waals surface area contributed by atoms with Crippen molar-refractivity contribution in [1.29, 1.82) is 0 Å². The van der Waals surface area contributed by atoms with Gasteiger partial charge in [-0.1, -0.05) is 59.7 Å². The van der Waals surface area contributed by atoms with Gasteiger partial charge >= 0.3 is 0 Å². The van der Waals surface area contributed by atoms with Crippen molar-refractivity contribution >= 4 is 45.2 Å². The van der Waals surface area contributed by atoms with Gasteiger partial charge in [0, 0.05) is 22.8 Å². The number of nitrogens with one attached hydrogen (secondary N) is 2. The van der Waals surface area contributed by atoms with Crippen LogP contribution in [0.4, 0.5) is 5.69 Å². The molecule has 0 bridgehead atoms. The molecular formula is C22H24BrN5O2S. The number of rotatable bonds is 8. The van der Waals surface area contributed by atoms with E-state index in [1.165, 1.54) is 11.8 Å². The Bertz CT molecular complexity index is 1040. The van der Waals surface area contributed by atoms with Crippen LogP contribution in [0.5, 0.6) is 0 Å². The van der Waals surface area contributed by atoms with Crippen molar-refractivity contribution in [2.75, 3.05) is 11.1 Å². The highest BCUT2D eigenvalue weighted by molar-refractivity contribution is 9.10. The lowest BCUT2D eigenvalue weighted by molar-refractivity contribution is -0.113. The largest absolute Gasteiger partial charge is 0.342 e. The average Bonchev–Trinajstić information content (AvgIpc) is 3.12. The fraction of sp³-hybridized carbons (Fsp3) is 0.273. The van der Waals surface area contributed by atoms with Crippen molar-refractivity contribution in [3.63, 3.8) is 0 Å². The summed E-state index contributed by atoms with van der Waals surface area (Å²) in [5.41, 5.74) is 1.32. The van der Waals surface area contributed by atoms with Crippen molar-refractivity contribution in [1.82, 2.24) is 20.1 Å². The van der Waals surface area contributed by atoms with Gasteiger partial charge in [0.05, 0.1) is 11.8 Å². The van der Waals surface area contributed by atoms with Crippen molar-refractivity contribution < 1.29 is 9.59 Å². The van der Waals surface area contributed by atoms with Crippen molar-refractivity contribution in [3.8, 4) is 0 Å². The number of nitrogens with zero attached hydrogens (tertiary/aromatic N) is 3. The monoisotopic (exact) mass is 501 g/mol. The minimum Gasteiger partial charge on any atom is -0.342 e. The summed E-state index contributed by atoms with van der Waals surface area (Å²) in [4.78, 5) is 24.9. The third-order valence-corrected chi connectivity index (χ3v) is 6.15. The van der Waals surface area contributed by atoms with Gasteiger partial charge in [-0.3, -0.25) is 9.59 Å². The van der Waals surface area contributed by atoms with Gasteiger partial charge in [0.25, 0.3) is 5.91 Å². The highest BCUT2D eigenvalue weighted by Gasteiger charge is 2.25. The lowest BCUT2D eigenvalue weighted by atomic mass is 10.0. The quantitative estimate of drug-likeness (QED) is 0.445. The number of halogens is 1. The Morgan fingerprint density at radius 1 is 1.06 bits per heavy atom. The Hall–Kier alpha value is -2.65. The fourth-order valence-electron chi connectivity index (χ4n) is 2.93. The molecule has 0 radical (unpaired) electrons. The molecule has 7 nitrogen and oxygen atoms in total. The minimum absolute atomic E-state index is 0.106. The molecule has 0 aliphatic heterocycles. The number of aromatic nitrogens is 3. The van der Waals surface area contributed by atoms with Crippen LogP contribution in [0.1, 0.15) is 36.1 Å². The van der Waals surface area contributed by atoms with Gasteiger partial charge in [-0.05, 0) is 42.3 Å². The van der Waals surface area contributed by atoms with Crippen molar-refractivity contribution in [2.45, 2.75) is 25.0 Å². The third-order valence-electron chi connectivity index (χ3n) is 4.60. The summed E-state index contributed by atoms with van der Waals surface area (Å²) < 4.78 is 2.78. The lowest BCUT2D eigenvalue weighted by Gasteiger charge is -2.21. The molecule has 162 valence electrons. The van der Waals surface area contributed by atoms with Crippen LogP contribution in [-0.4, -0.2) is 32.3 Å². The van der Waals surface area contributed by atoms with Crippen LogP contribution in [-0.2, 0) is 11.8 Å². The molecule has 2 amide bonds. The highest BCUT2D eigenvalue weighted by atomic mass is 79.9. The van der Waals surface area contributed by atoms with Gasteiger partial charge in [0.1, 0.15) is 0 Å². The number of carbonyl (C=O) groups is 2. The first-order valence-electron chi connectivity index (χ1n) is 9.78. The topological polar surface area (TPSA) is 88.9 Å². The first-order chi connectivity index (χ1) is 14.8. The fourth-order valence-corrected chi connectivity index (χ4v) is 3.91. The first kappa shape index (κ1) is 23.0. The number of hydrogen-bond acceptors (Lipinski definition) is 5. The summed E-state index contributed by atoms with van der Waals surface area (Å²) in [5, 5.41) is 15.0. The summed E-state index contributed by atoms with van der Waals surface area (Å²) >= 11 is 4.67. The summed E-state index contributed by atoms with van der Waals surface area (Å²) in [5.74, 6) is 0.661. The number of thioether (sulfide) groups is 1. The predicted octanol–water partition coefficient (Wildman–Crippen LogP) is 4.44. The van der Waals surface area contributed by atoms with E-state index in [-0.39, 0.29) is 29.5 Å². The molecule has 1 aromatic heterocycles. The van der Waals surface area contributed by atoms with Crippen LogP contribution in [0.2, 0.25) is 0 Å². The molecule has 0 spiro atoms. The molecule has 2 aromatic carbocycles. The summed E-state index contributed by atoms with van der Waals surface area (Å²) in [6.07, 6.45) is 0. The summed E-state index contributed by atoms with van der Waals surface area (Å²) in [6, 6.07) is 16.2. The maximum atomic E-state index is 12.6. The van der Waals surface area contributed by atoms with E-state index < -0.39 is 0 Å². The molecule has 0 unspecified atom stereocenters. The van der Waals surface area contributed by atoms with E-state index in [1.807, 2.05) is 67.9 Å². The second kappa shape index (κ2) is 10.6. The van der Waals surface area contributed by atoms with Crippen LogP contribution >= 0.6 is 27.7 Å².